The van der Waals surface area contributed by atoms with Crippen LogP contribution in [0, 0.1) is 6.92 Å². The normalized spacial score (nSPS) is 13.8. The van der Waals surface area contributed by atoms with Crippen molar-refractivity contribution in [3.63, 3.8) is 0 Å². The largest absolute Gasteiger partial charge is 0.315 e. The summed E-state index contributed by atoms with van der Waals surface area (Å²) in [5.41, 5.74) is 5.29. The molecule has 3 nitrogen and oxygen atoms in total. The number of amides is 1. The molecule has 2 heterocycles. The van der Waals surface area contributed by atoms with Gasteiger partial charge in [-0.3, -0.25) is 9.78 Å². The maximum Gasteiger partial charge on any atom is 0.231 e. The number of carbonyl (C=O) groups excluding carboxylic acids is 1. The van der Waals surface area contributed by atoms with Crippen LogP contribution in [0.1, 0.15) is 11.3 Å². The first-order valence-electron chi connectivity index (χ1n) is 6.19. The van der Waals surface area contributed by atoms with Crippen molar-refractivity contribution in [2.75, 3.05) is 11.9 Å². The summed E-state index contributed by atoms with van der Waals surface area (Å²) in [7, 11) is 4.53. The fourth-order valence-electron chi connectivity index (χ4n) is 2.45. The second kappa shape index (κ2) is 4.43. The summed E-state index contributed by atoms with van der Waals surface area (Å²) in [4.78, 5) is 18.0. The zero-order chi connectivity index (χ0) is 13.6. The highest BCUT2D eigenvalue weighted by atomic mass is 31.0. The molecule has 0 bridgehead atoms. The summed E-state index contributed by atoms with van der Waals surface area (Å²) in [5.74, 6) is 0.147. The van der Waals surface area contributed by atoms with Crippen molar-refractivity contribution in [1.29, 1.82) is 0 Å². The van der Waals surface area contributed by atoms with Gasteiger partial charge in [0.25, 0.3) is 0 Å². The number of anilines is 1. The Kier molecular flexibility index (Phi) is 2.87. The number of rotatable bonds is 1. The van der Waals surface area contributed by atoms with Crippen molar-refractivity contribution in [3.05, 3.63) is 41.7 Å². The smallest absolute Gasteiger partial charge is 0.231 e. The predicted octanol–water partition coefficient (Wildman–Crippen LogP) is 2.08. The molecule has 0 spiro atoms. The molecule has 1 aromatic carbocycles. The third-order valence-corrected chi connectivity index (χ3v) is 4.24. The van der Waals surface area contributed by atoms with Crippen molar-refractivity contribution in [2.24, 2.45) is 0 Å². The Hall–Kier alpha value is -1.73. The number of fused-ring (bicyclic) bond motifs is 1. The average molecular weight is 270 g/mol. The topological polar surface area (TPSA) is 33.2 Å². The van der Waals surface area contributed by atoms with Crippen LogP contribution in [-0.2, 0) is 11.2 Å². The number of aromatic nitrogens is 1. The van der Waals surface area contributed by atoms with E-state index < -0.39 is 0 Å². The van der Waals surface area contributed by atoms with E-state index in [0.29, 0.717) is 6.42 Å². The fraction of sp³-hybridized carbons (Fsp3) is 0.200. The number of hydrogen-bond donors (Lipinski definition) is 0. The molecule has 3 rings (SSSR count). The molecule has 0 N–H and O–H groups in total. The second-order valence-electron chi connectivity index (χ2n) is 4.83. The molecule has 0 fully saturated rings. The molecular weight excluding hydrogens is 255 g/mol. The maximum absolute atomic E-state index is 11.8. The number of likely N-dealkylation sites (N-methyl/N-ethyl adjacent to an activating group) is 1. The summed E-state index contributed by atoms with van der Waals surface area (Å²) in [6.07, 6.45) is 2.35. The van der Waals surface area contributed by atoms with E-state index >= 15 is 0 Å². The van der Waals surface area contributed by atoms with Gasteiger partial charge in [-0.15, -0.1) is 9.24 Å². The Bertz CT molecular complexity index is 682. The van der Waals surface area contributed by atoms with Crippen LogP contribution >= 0.6 is 9.24 Å². The van der Waals surface area contributed by atoms with Crippen molar-refractivity contribution in [3.8, 4) is 11.1 Å². The Balaban J connectivity index is 2.17. The van der Waals surface area contributed by atoms with Gasteiger partial charge in [0, 0.05) is 30.2 Å². The standard InChI is InChI=1S/C15H15N2OP/c1-9-14(19)6-10(8-16-9)11-4-3-5-13-12(11)7-15(18)17(13)2/h3-6,8H,7,19H2,1-2H3. The summed E-state index contributed by atoms with van der Waals surface area (Å²) < 4.78 is 0. The molecule has 1 aliphatic rings. The van der Waals surface area contributed by atoms with Crippen LogP contribution < -0.4 is 10.2 Å². The maximum atomic E-state index is 11.8. The molecule has 4 heteroatoms. The zero-order valence-corrected chi connectivity index (χ0v) is 12.1. The van der Waals surface area contributed by atoms with Crippen LogP contribution in [0.4, 0.5) is 5.69 Å². The Labute approximate surface area is 114 Å². The quantitative estimate of drug-likeness (QED) is 0.743. The van der Waals surface area contributed by atoms with Gasteiger partial charge in [0.1, 0.15) is 0 Å². The summed E-state index contributed by atoms with van der Waals surface area (Å²) >= 11 is 0. The molecule has 1 unspecified atom stereocenters. The highest BCUT2D eigenvalue weighted by molar-refractivity contribution is 7.27. The van der Waals surface area contributed by atoms with Crippen LogP contribution in [0.3, 0.4) is 0 Å². The first-order chi connectivity index (χ1) is 9.08. The lowest BCUT2D eigenvalue weighted by molar-refractivity contribution is -0.117. The predicted molar refractivity (Wildman–Crippen MR) is 80.9 cm³/mol. The Morgan fingerprint density at radius 1 is 1.37 bits per heavy atom. The lowest BCUT2D eigenvalue weighted by Gasteiger charge is -2.12. The van der Waals surface area contributed by atoms with Gasteiger partial charge in [-0.05, 0) is 35.5 Å². The lowest BCUT2D eigenvalue weighted by atomic mass is 9.99. The zero-order valence-electron chi connectivity index (χ0n) is 11.0. The van der Waals surface area contributed by atoms with Gasteiger partial charge in [-0.1, -0.05) is 12.1 Å². The lowest BCUT2D eigenvalue weighted by Crippen LogP contribution is -2.20. The fourth-order valence-corrected chi connectivity index (χ4v) is 2.70. The molecule has 1 aliphatic heterocycles. The Morgan fingerprint density at radius 3 is 2.89 bits per heavy atom. The van der Waals surface area contributed by atoms with Gasteiger partial charge in [0.15, 0.2) is 0 Å². The first kappa shape index (κ1) is 12.3. The number of benzene rings is 1. The van der Waals surface area contributed by atoms with Crippen LogP contribution in [0.5, 0.6) is 0 Å². The highest BCUT2D eigenvalue weighted by Gasteiger charge is 2.26. The molecule has 96 valence electrons. The third kappa shape index (κ3) is 1.95. The van der Waals surface area contributed by atoms with E-state index in [-0.39, 0.29) is 5.91 Å². The number of carbonyl (C=O) groups is 1. The van der Waals surface area contributed by atoms with Crippen molar-refractivity contribution < 1.29 is 4.79 Å². The van der Waals surface area contributed by atoms with Crippen molar-refractivity contribution >= 4 is 26.1 Å². The van der Waals surface area contributed by atoms with Gasteiger partial charge in [0.05, 0.1) is 6.42 Å². The van der Waals surface area contributed by atoms with E-state index in [0.717, 1.165) is 33.4 Å². The SMILES string of the molecule is Cc1ncc(-c2cccc3c2CC(=O)N3C)cc1P. The summed E-state index contributed by atoms with van der Waals surface area (Å²) in [6, 6.07) is 8.14. The van der Waals surface area contributed by atoms with E-state index in [4.69, 9.17) is 0 Å². The van der Waals surface area contributed by atoms with Gasteiger partial charge in [-0.25, -0.2) is 0 Å². The second-order valence-corrected chi connectivity index (χ2v) is 5.45. The minimum atomic E-state index is 0.147. The molecule has 0 saturated carbocycles. The monoisotopic (exact) mass is 270 g/mol. The highest BCUT2D eigenvalue weighted by Crippen LogP contribution is 2.35. The third-order valence-electron chi connectivity index (χ3n) is 3.65. The minimum Gasteiger partial charge on any atom is -0.315 e. The minimum absolute atomic E-state index is 0.147. The average Bonchev–Trinajstić information content (AvgIpc) is 2.69. The molecule has 2 aromatic rings. The molecule has 19 heavy (non-hydrogen) atoms. The number of pyridine rings is 1. The number of nitrogens with zero attached hydrogens (tertiary/aromatic N) is 2. The Morgan fingerprint density at radius 2 is 2.16 bits per heavy atom. The van der Waals surface area contributed by atoms with Crippen LogP contribution in [0.25, 0.3) is 11.1 Å². The molecule has 0 saturated heterocycles. The first-order valence-corrected chi connectivity index (χ1v) is 6.76. The van der Waals surface area contributed by atoms with Gasteiger partial charge >= 0.3 is 0 Å². The van der Waals surface area contributed by atoms with Crippen LogP contribution in [-0.4, -0.2) is 17.9 Å². The number of hydrogen-bond acceptors (Lipinski definition) is 2. The molecule has 0 aliphatic carbocycles. The molecule has 1 aromatic heterocycles. The number of aryl methyl sites for hydroxylation is 1. The molecule has 1 atom stereocenters. The van der Waals surface area contributed by atoms with Gasteiger partial charge in [-0.2, -0.15) is 0 Å². The van der Waals surface area contributed by atoms with E-state index in [1.54, 1.807) is 4.90 Å². The van der Waals surface area contributed by atoms with Gasteiger partial charge < -0.3 is 4.90 Å². The molecule has 1 amide bonds. The van der Waals surface area contributed by atoms with Crippen LogP contribution in [0.2, 0.25) is 0 Å². The van der Waals surface area contributed by atoms with E-state index in [2.05, 4.69) is 26.4 Å². The van der Waals surface area contributed by atoms with E-state index in [9.17, 15) is 4.79 Å². The molecule has 0 radical (unpaired) electrons. The van der Waals surface area contributed by atoms with Gasteiger partial charge in [0.2, 0.25) is 5.91 Å². The molecular formula is C15H15N2OP. The van der Waals surface area contributed by atoms with Crippen LogP contribution in [0.15, 0.2) is 30.5 Å². The summed E-state index contributed by atoms with van der Waals surface area (Å²) in [5, 5.41) is 1.09. The van der Waals surface area contributed by atoms with Crippen molar-refractivity contribution in [2.45, 2.75) is 13.3 Å². The van der Waals surface area contributed by atoms with E-state index in [1.165, 1.54) is 0 Å². The van der Waals surface area contributed by atoms with Crippen molar-refractivity contribution in [1.82, 2.24) is 4.98 Å². The van der Waals surface area contributed by atoms with E-state index in [1.807, 2.05) is 32.3 Å². The summed E-state index contributed by atoms with van der Waals surface area (Å²) in [6.45, 7) is 1.98.